The second-order valence-corrected chi connectivity index (χ2v) is 5.90. The Bertz CT molecular complexity index is 834. The molecule has 1 amide bonds. The molecule has 130 valence electrons. The van der Waals surface area contributed by atoms with Crippen molar-refractivity contribution in [2.75, 3.05) is 19.0 Å². The fourth-order valence-electron chi connectivity index (χ4n) is 3.02. The van der Waals surface area contributed by atoms with Crippen LogP contribution in [-0.4, -0.2) is 25.4 Å². The number of methoxy groups -OCH3 is 1. The molecule has 25 heavy (non-hydrogen) atoms. The lowest BCUT2D eigenvalue weighted by molar-refractivity contribution is -0.118. The zero-order valence-corrected chi connectivity index (χ0v) is 14.0. The maximum absolute atomic E-state index is 14.0. The van der Waals surface area contributed by atoms with Crippen LogP contribution in [-0.2, 0) is 4.79 Å². The molecule has 2 aromatic carbocycles. The van der Waals surface area contributed by atoms with Crippen molar-refractivity contribution in [3.05, 3.63) is 53.3 Å². The van der Waals surface area contributed by atoms with Gasteiger partial charge in [0.1, 0.15) is 17.3 Å². The van der Waals surface area contributed by atoms with Crippen molar-refractivity contribution < 1.29 is 23.5 Å². The molecule has 1 atom stereocenters. The Morgan fingerprint density at radius 1 is 1.24 bits per heavy atom. The summed E-state index contributed by atoms with van der Waals surface area (Å²) in [5.41, 5.74) is 1.14. The molecule has 1 aliphatic carbocycles. The number of nitrogens with one attached hydrogen (secondary N) is 1. The van der Waals surface area contributed by atoms with Crippen LogP contribution < -0.4 is 14.8 Å². The van der Waals surface area contributed by atoms with E-state index >= 15 is 0 Å². The first-order valence-electron chi connectivity index (χ1n) is 7.92. The lowest BCUT2D eigenvalue weighted by Gasteiger charge is -2.13. The minimum atomic E-state index is -0.417. The molecule has 3 rings (SSSR count). The topological polar surface area (TPSA) is 64.6 Å². The molecular weight excluding hydrogens is 325 g/mol. The van der Waals surface area contributed by atoms with Crippen LogP contribution in [0.5, 0.6) is 11.5 Å². The summed E-state index contributed by atoms with van der Waals surface area (Å²) in [5, 5.41) is 2.68. The molecule has 0 aromatic heterocycles. The molecule has 0 spiro atoms. The number of hydrogen-bond donors (Lipinski definition) is 1. The fourth-order valence-corrected chi connectivity index (χ4v) is 3.02. The van der Waals surface area contributed by atoms with Gasteiger partial charge in [-0.3, -0.25) is 9.59 Å². The van der Waals surface area contributed by atoms with E-state index in [1.54, 1.807) is 31.2 Å². The molecular formula is C19H18FNO4. The smallest absolute Gasteiger partial charge is 0.262 e. The highest BCUT2D eigenvalue weighted by molar-refractivity contribution is 6.04. The molecule has 6 heteroatoms. The van der Waals surface area contributed by atoms with Gasteiger partial charge >= 0.3 is 0 Å². The second kappa shape index (κ2) is 6.93. The fraction of sp³-hybridized carbons (Fsp3) is 0.263. The van der Waals surface area contributed by atoms with Crippen LogP contribution in [0.2, 0.25) is 0 Å². The van der Waals surface area contributed by atoms with Crippen LogP contribution in [0.15, 0.2) is 36.4 Å². The number of ketones is 1. The minimum absolute atomic E-state index is 0.165. The maximum Gasteiger partial charge on any atom is 0.262 e. The summed E-state index contributed by atoms with van der Waals surface area (Å²) in [6, 6.07) is 9.65. The zero-order chi connectivity index (χ0) is 18.0. The number of rotatable bonds is 5. The first-order valence-corrected chi connectivity index (χ1v) is 7.92. The Labute approximate surface area is 144 Å². The van der Waals surface area contributed by atoms with Gasteiger partial charge in [0.15, 0.2) is 12.4 Å². The highest BCUT2D eigenvalue weighted by Gasteiger charge is 2.32. The van der Waals surface area contributed by atoms with E-state index in [0.29, 0.717) is 17.0 Å². The number of fused-ring (bicyclic) bond motifs is 1. The molecule has 0 bridgehead atoms. The third kappa shape index (κ3) is 3.33. The van der Waals surface area contributed by atoms with E-state index in [9.17, 15) is 14.0 Å². The van der Waals surface area contributed by atoms with E-state index in [0.717, 1.165) is 0 Å². The number of carbonyl (C=O) groups is 2. The molecule has 0 heterocycles. The van der Waals surface area contributed by atoms with Crippen LogP contribution in [0.1, 0.15) is 35.2 Å². The van der Waals surface area contributed by atoms with Gasteiger partial charge in [-0.1, -0.05) is 19.1 Å². The highest BCUT2D eigenvalue weighted by atomic mass is 19.1. The van der Waals surface area contributed by atoms with E-state index in [-0.39, 0.29) is 36.0 Å². The number of halogens is 1. The van der Waals surface area contributed by atoms with Crippen LogP contribution in [0.4, 0.5) is 10.1 Å². The molecule has 5 nitrogen and oxygen atoms in total. The lowest BCUT2D eigenvalue weighted by Crippen LogP contribution is -2.21. The van der Waals surface area contributed by atoms with Crippen molar-refractivity contribution in [3.8, 4) is 11.5 Å². The van der Waals surface area contributed by atoms with Crippen LogP contribution in [0.25, 0.3) is 0 Å². The number of carbonyl (C=O) groups excluding carboxylic acids is 2. The van der Waals surface area contributed by atoms with E-state index in [1.807, 2.05) is 0 Å². The Morgan fingerprint density at radius 2 is 2.00 bits per heavy atom. The second-order valence-electron chi connectivity index (χ2n) is 5.90. The standard InChI is InChI=1S/C19H18FNO4/c1-11-9-14(22)19-16(8-7-12(20)18(11)19)25-10-17(23)21-13-5-3-4-6-15(13)24-2/h3-8,11H,9-10H2,1-2H3,(H,21,23)/t11-/m1/s1. The summed E-state index contributed by atoms with van der Waals surface area (Å²) >= 11 is 0. The quantitative estimate of drug-likeness (QED) is 0.902. The molecule has 0 radical (unpaired) electrons. The van der Waals surface area contributed by atoms with E-state index in [2.05, 4.69) is 5.32 Å². The van der Waals surface area contributed by atoms with Gasteiger partial charge in [-0.25, -0.2) is 4.39 Å². The third-order valence-corrected chi connectivity index (χ3v) is 4.16. The van der Waals surface area contributed by atoms with Crippen LogP contribution in [0, 0.1) is 5.82 Å². The average Bonchev–Trinajstić information content (AvgIpc) is 2.90. The number of benzene rings is 2. The maximum atomic E-state index is 14.0. The molecule has 0 saturated heterocycles. The summed E-state index contributed by atoms with van der Waals surface area (Å²) in [7, 11) is 1.51. The Hall–Kier alpha value is -2.89. The zero-order valence-electron chi connectivity index (χ0n) is 14.0. The first kappa shape index (κ1) is 17.0. The van der Waals surface area contributed by atoms with Crippen LogP contribution in [0.3, 0.4) is 0 Å². The van der Waals surface area contributed by atoms with Crippen molar-refractivity contribution in [3.63, 3.8) is 0 Å². The summed E-state index contributed by atoms with van der Waals surface area (Å²) < 4.78 is 24.6. The van der Waals surface area contributed by atoms with E-state index in [1.165, 1.54) is 19.2 Å². The van der Waals surface area contributed by atoms with Crippen LogP contribution >= 0.6 is 0 Å². The summed E-state index contributed by atoms with van der Waals surface area (Å²) in [6.07, 6.45) is 0.250. The van der Waals surface area contributed by atoms with Crippen molar-refractivity contribution in [1.82, 2.24) is 0 Å². The monoisotopic (exact) mass is 343 g/mol. The molecule has 0 saturated carbocycles. The largest absolute Gasteiger partial charge is 0.495 e. The SMILES string of the molecule is COc1ccccc1NC(=O)COc1ccc(F)c2c1C(=O)C[C@H]2C. The Balaban J connectivity index is 1.72. The minimum Gasteiger partial charge on any atom is -0.495 e. The Kier molecular flexibility index (Phi) is 4.70. The van der Waals surface area contributed by atoms with E-state index in [4.69, 9.17) is 9.47 Å². The van der Waals surface area contributed by atoms with Crippen molar-refractivity contribution in [2.24, 2.45) is 0 Å². The number of Topliss-reactive ketones (excluding diaryl/α,β-unsaturated/α-hetero) is 1. The van der Waals surface area contributed by atoms with Crippen molar-refractivity contribution in [1.29, 1.82) is 0 Å². The number of para-hydroxylation sites is 2. The van der Waals surface area contributed by atoms with Crippen molar-refractivity contribution >= 4 is 17.4 Å². The first-order chi connectivity index (χ1) is 12.0. The predicted molar refractivity (Wildman–Crippen MR) is 90.9 cm³/mol. The number of amides is 1. The van der Waals surface area contributed by atoms with Gasteiger partial charge in [0.2, 0.25) is 0 Å². The van der Waals surface area contributed by atoms with Gasteiger partial charge in [0, 0.05) is 12.0 Å². The Morgan fingerprint density at radius 3 is 2.76 bits per heavy atom. The van der Waals surface area contributed by atoms with Gasteiger partial charge in [-0.05, 0) is 30.2 Å². The molecule has 1 aliphatic rings. The summed E-state index contributed by atoms with van der Waals surface area (Å²) in [4.78, 5) is 24.2. The highest BCUT2D eigenvalue weighted by Crippen LogP contribution is 2.39. The molecule has 0 fully saturated rings. The van der Waals surface area contributed by atoms with Gasteiger partial charge in [-0.2, -0.15) is 0 Å². The van der Waals surface area contributed by atoms with Gasteiger partial charge in [0.05, 0.1) is 18.4 Å². The predicted octanol–water partition coefficient (Wildman–Crippen LogP) is 3.54. The molecule has 0 unspecified atom stereocenters. The van der Waals surface area contributed by atoms with Gasteiger partial charge in [0.25, 0.3) is 5.91 Å². The number of ether oxygens (including phenoxy) is 2. The molecule has 0 aliphatic heterocycles. The average molecular weight is 343 g/mol. The molecule has 1 N–H and O–H groups in total. The van der Waals surface area contributed by atoms with Gasteiger partial charge in [-0.15, -0.1) is 0 Å². The normalized spacial score (nSPS) is 15.6. The lowest BCUT2D eigenvalue weighted by atomic mass is 10.0. The summed E-state index contributed by atoms with van der Waals surface area (Å²) in [6.45, 7) is 1.50. The van der Waals surface area contributed by atoms with Crippen molar-refractivity contribution in [2.45, 2.75) is 19.3 Å². The van der Waals surface area contributed by atoms with E-state index < -0.39 is 11.7 Å². The molecule has 2 aromatic rings. The summed E-state index contributed by atoms with van der Waals surface area (Å²) in [5.74, 6) is -0.403. The third-order valence-electron chi connectivity index (χ3n) is 4.16. The van der Waals surface area contributed by atoms with Gasteiger partial charge < -0.3 is 14.8 Å². The number of anilines is 1. The number of hydrogen-bond acceptors (Lipinski definition) is 4.